The maximum absolute atomic E-state index is 12.1. The molecule has 0 saturated heterocycles. The number of carbonyl (C=O) groups excluding carboxylic acids is 1. The predicted molar refractivity (Wildman–Crippen MR) is 133 cm³/mol. The molecule has 3 aromatic rings. The Bertz CT molecular complexity index is 1270. The molecule has 180 valence electrons. The molecule has 0 spiro atoms. The van der Waals surface area contributed by atoms with Gasteiger partial charge in [-0.05, 0) is 61.1 Å². The van der Waals surface area contributed by atoms with Gasteiger partial charge in [0.2, 0.25) is 0 Å². The van der Waals surface area contributed by atoms with Crippen LogP contribution < -0.4 is 10.4 Å². The van der Waals surface area contributed by atoms with Crippen LogP contribution in [0, 0.1) is 6.92 Å². The van der Waals surface area contributed by atoms with Crippen LogP contribution in [0.3, 0.4) is 0 Å². The van der Waals surface area contributed by atoms with Gasteiger partial charge >= 0.3 is 11.6 Å². The van der Waals surface area contributed by atoms with E-state index in [-0.39, 0.29) is 12.4 Å². The maximum Gasteiger partial charge on any atom is 0.336 e. The lowest BCUT2D eigenvalue weighted by Gasteiger charge is -2.31. The molecule has 0 bridgehead atoms. The summed E-state index contributed by atoms with van der Waals surface area (Å²) in [5, 5.41) is 2.09. The average Bonchev–Trinajstić information content (AvgIpc) is 2.81. The molecule has 0 atom stereocenters. The molecule has 2 aromatic carbocycles. The Morgan fingerprint density at radius 3 is 2.74 bits per heavy atom. The lowest BCUT2D eigenvalue weighted by atomic mass is 9.97. The molecule has 4 rings (SSSR count). The van der Waals surface area contributed by atoms with Crippen molar-refractivity contribution in [3.8, 4) is 5.75 Å². The monoisotopic (exact) mass is 503 g/mol. The number of ether oxygens (including phenoxy) is 2. The van der Waals surface area contributed by atoms with E-state index in [4.69, 9.17) is 37.1 Å². The Morgan fingerprint density at radius 2 is 1.97 bits per heavy atom. The summed E-state index contributed by atoms with van der Waals surface area (Å²) in [5.74, 6) is 0.453. The summed E-state index contributed by atoms with van der Waals surface area (Å²) >= 11 is 12.3. The number of halogens is 2. The fourth-order valence-electron chi connectivity index (χ4n) is 4.16. The zero-order chi connectivity index (χ0) is 24.2. The van der Waals surface area contributed by atoms with Crippen LogP contribution in [0.25, 0.3) is 11.0 Å². The summed E-state index contributed by atoms with van der Waals surface area (Å²) in [6, 6.07) is 8.94. The van der Waals surface area contributed by atoms with Crippen LogP contribution in [-0.4, -0.2) is 30.8 Å². The van der Waals surface area contributed by atoms with Crippen molar-refractivity contribution >= 4 is 40.1 Å². The van der Waals surface area contributed by atoms with E-state index in [1.807, 2.05) is 32.0 Å². The van der Waals surface area contributed by atoms with E-state index >= 15 is 0 Å². The molecule has 2 heterocycles. The normalized spacial score (nSPS) is 13.5. The standard InChI is InChI=1S/C26H27Cl2NO5/c1-3-10-32-23(30)7-5-18-12-20-16(2)11-24(31)34-26(20)21-14-29(15-33-25(18)21)9-8-17-4-6-19(27)13-22(17)28/h4,6,11-13H,3,5,7-10,14-15H2,1-2H3. The molecular formula is C26H27Cl2NO5. The lowest BCUT2D eigenvalue weighted by Crippen LogP contribution is -2.34. The third-order valence-corrected chi connectivity index (χ3v) is 6.50. The zero-order valence-electron chi connectivity index (χ0n) is 19.3. The van der Waals surface area contributed by atoms with Crippen molar-refractivity contribution in [3.05, 3.63) is 73.1 Å². The molecule has 6 nitrogen and oxygen atoms in total. The van der Waals surface area contributed by atoms with Crippen molar-refractivity contribution in [2.24, 2.45) is 0 Å². The lowest BCUT2D eigenvalue weighted by molar-refractivity contribution is -0.143. The summed E-state index contributed by atoms with van der Waals surface area (Å²) < 4.78 is 17.0. The minimum atomic E-state index is -0.395. The van der Waals surface area contributed by atoms with Crippen molar-refractivity contribution < 1.29 is 18.7 Å². The molecule has 0 fully saturated rings. The van der Waals surface area contributed by atoms with Gasteiger partial charge in [-0.25, -0.2) is 4.79 Å². The fraction of sp³-hybridized carbons (Fsp3) is 0.385. The average molecular weight is 504 g/mol. The minimum absolute atomic E-state index is 0.232. The second-order valence-electron chi connectivity index (χ2n) is 8.50. The van der Waals surface area contributed by atoms with Crippen molar-refractivity contribution in [1.82, 2.24) is 4.90 Å². The number of hydrogen-bond acceptors (Lipinski definition) is 6. The van der Waals surface area contributed by atoms with E-state index in [0.29, 0.717) is 54.2 Å². The first-order chi connectivity index (χ1) is 16.4. The number of hydrogen-bond donors (Lipinski definition) is 0. The van der Waals surface area contributed by atoms with Crippen LogP contribution in [0.4, 0.5) is 0 Å². The van der Waals surface area contributed by atoms with Crippen LogP contribution >= 0.6 is 23.2 Å². The third-order valence-electron chi connectivity index (χ3n) is 5.92. The summed E-state index contributed by atoms with van der Waals surface area (Å²) in [5.41, 5.74) is 3.70. The van der Waals surface area contributed by atoms with Crippen molar-refractivity contribution in [1.29, 1.82) is 0 Å². The van der Waals surface area contributed by atoms with Crippen LogP contribution in [0.15, 0.2) is 39.5 Å². The number of aryl methyl sites for hydroxylation is 2. The molecule has 1 aliphatic rings. The highest BCUT2D eigenvalue weighted by atomic mass is 35.5. The Kier molecular flexibility index (Phi) is 7.81. The number of fused-ring (bicyclic) bond motifs is 3. The van der Waals surface area contributed by atoms with E-state index in [2.05, 4.69) is 4.90 Å². The molecule has 0 radical (unpaired) electrons. The highest BCUT2D eigenvalue weighted by molar-refractivity contribution is 6.35. The van der Waals surface area contributed by atoms with Gasteiger partial charge in [0.15, 0.2) is 0 Å². The van der Waals surface area contributed by atoms with E-state index < -0.39 is 5.63 Å². The Balaban J connectivity index is 1.60. The summed E-state index contributed by atoms with van der Waals surface area (Å²) in [6.07, 6.45) is 2.25. The molecule has 34 heavy (non-hydrogen) atoms. The molecular weight excluding hydrogens is 477 g/mol. The summed E-state index contributed by atoms with van der Waals surface area (Å²) in [6.45, 7) is 5.90. The van der Waals surface area contributed by atoms with Gasteiger partial charge in [-0.3, -0.25) is 9.69 Å². The van der Waals surface area contributed by atoms with Gasteiger partial charge in [0.1, 0.15) is 18.1 Å². The van der Waals surface area contributed by atoms with Gasteiger partial charge < -0.3 is 13.9 Å². The minimum Gasteiger partial charge on any atom is -0.477 e. The van der Waals surface area contributed by atoms with E-state index in [1.54, 1.807) is 6.07 Å². The van der Waals surface area contributed by atoms with Gasteiger partial charge in [0, 0.05) is 41.0 Å². The molecule has 0 N–H and O–H groups in total. The van der Waals surface area contributed by atoms with Crippen molar-refractivity contribution in [2.75, 3.05) is 19.9 Å². The van der Waals surface area contributed by atoms with E-state index in [9.17, 15) is 9.59 Å². The quantitative estimate of drug-likeness (QED) is 0.290. The Morgan fingerprint density at radius 1 is 1.15 bits per heavy atom. The SMILES string of the molecule is CCCOC(=O)CCc1cc2c(C)cc(=O)oc2c2c1OCN(CCc1ccc(Cl)cc1Cl)C2. The van der Waals surface area contributed by atoms with Crippen molar-refractivity contribution in [2.45, 2.75) is 46.1 Å². The number of rotatable bonds is 8. The highest BCUT2D eigenvalue weighted by Crippen LogP contribution is 2.37. The molecule has 0 saturated carbocycles. The number of benzene rings is 2. The van der Waals surface area contributed by atoms with E-state index in [0.717, 1.165) is 40.5 Å². The Labute approximate surface area is 208 Å². The molecule has 0 aliphatic carbocycles. The first kappa shape index (κ1) is 24.6. The zero-order valence-corrected chi connectivity index (χ0v) is 20.8. The predicted octanol–water partition coefficient (Wildman–Crippen LogP) is 5.69. The van der Waals surface area contributed by atoms with Crippen LogP contribution in [0.1, 0.15) is 42.0 Å². The third kappa shape index (κ3) is 5.57. The maximum atomic E-state index is 12.1. The first-order valence-corrected chi connectivity index (χ1v) is 12.1. The molecule has 1 aromatic heterocycles. The highest BCUT2D eigenvalue weighted by Gasteiger charge is 2.25. The van der Waals surface area contributed by atoms with Crippen molar-refractivity contribution in [3.63, 3.8) is 0 Å². The number of carbonyl (C=O) groups is 1. The second-order valence-corrected chi connectivity index (χ2v) is 9.34. The van der Waals surface area contributed by atoms with Gasteiger partial charge in [-0.1, -0.05) is 36.2 Å². The van der Waals surface area contributed by atoms with E-state index in [1.165, 1.54) is 6.07 Å². The number of esters is 1. The largest absolute Gasteiger partial charge is 0.477 e. The molecule has 1 aliphatic heterocycles. The Hall–Kier alpha value is -2.54. The second kappa shape index (κ2) is 10.8. The van der Waals surface area contributed by atoms with Gasteiger partial charge in [-0.2, -0.15) is 0 Å². The number of nitrogens with zero attached hydrogens (tertiary/aromatic N) is 1. The molecule has 8 heteroatoms. The summed E-state index contributed by atoms with van der Waals surface area (Å²) in [7, 11) is 0. The van der Waals surface area contributed by atoms with Crippen LogP contribution in [0.2, 0.25) is 10.0 Å². The fourth-order valence-corrected chi connectivity index (χ4v) is 4.67. The van der Waals surface area contributed by atoms with Crippen LogP contribution in [-0.2, 0) is 28.9 Å². The van der Waals surface area contributed by atoms with Gasteiger partial charge in [-0.15, -0.1) is 0 Å². The van der Waals surface area contributed by atoms with Gasteiger partial charge in [0.05, 0.1) is 12.2 Å². The molecule has 0 amide bonds. The topological polar surface area (TPSA) is 69.0 Å². The van der Waals surface area contributed by atoms with Gasteiger partial charge in [0.25, 0.3) is 0 Å². The molecule has 0 unspecified atom stereocenters. The first-order valence-electron chi connectivity index (χ1n) is 11.4. The van der Waals surface area contributed by atoms with Crippen LogP contribution in [0.5, 0.6) is 5.75 Å². The smallest absolute Gasteiger partial charge is 0.336 e. The summed E-state index contributed by atoms with van der Waals surface area (Å²) in [4.78, 5) is 26.4.